The van der Waals surface area contributed by atoms with Gasteiger partial charge in [-0.1, -0.05) is 218 Å². The Morgan fingerprint density at radius 2 is 0.340 bits per heavy atom. The summed E-state index contributed by atoms with van der Waals surface area (Å²) in [4.78, 5) is 196. The van der Waals surface area contributed by atoms with Crippen LogP contribution in [-0.4, -0.2) is 232 Å². The molecule has 736 valence electrons. The van der Waals surface area contributed by atoms with Crippen molar-refractivity contribution in [2.24, 2.45) is 0 Å². The standard InChI is InChI=1S/C110H92O34/c1-66(111)129-92-88(139-104(121)76-56-32-11-33-57-76)84(135-100(117)72-48-24-7-25-49-72)80(63-126-96(113)68-40-16-3-17-41-68)131-108(92)143-94-90(141-106(123)78-60-36-13-37-61-78)86(137-102(119)74-52-28-9-29-53-74)82(65-128-98(115)70-44-20-5-21-45-70)133-110(94)144-93-89(140-105(122)77-58-34-12-35-59-77)85(136-101(118)73-50-26-8-27-51-73)81(64-127-97(114)69-42-18-4-19-43-69)132-109(93)142-91-87(138-103(120)75-54-30-10-31-55-75)83(134-99(116)71-46-22-6-23-47-71)79(130-107(91)124)62-125-95(112)67-38-14-2-15-39-67/h2-61,79-94,107-110,124H,62-65H2,1H3/t79-,80-,81-,82-,83-,84-,85-,86-,87+,88+,89+,90+,91+,92+,93+,94+,107+,108-,109-,110-/m1/s1. The predicted octanol–water partition coefficient (Wildman–Crippen LogP) is 13.2. The number of carbonyl (C=O) groups is 13. The molecule has 0 bridgehead atoms. The first-order chi connectivity index (χ1) is 70.1. The van der Waals surface area contributed by atoms with Gasteiger partial charge in [0.05, 0.1) is 66.8 Å². The molecular weight excluding hydrogens is 1870 g/mol. The molecular formula is C110H92O34. The Kier molecular flexibility index (Phi) is 33.8. The molecule has 20 atom stereocenters. The van der Waals surface area contributed by atoms with E-state index in [0.717, 1.165) is 6.92 Å². The minimum Gasteiger partial charge on any atom is -0.459 e. The van der Waals surface area contributed by atoms with Crippen LogP contribution in [0.15, 0.2) is 364 Å². The van der Waals surface area contributed by atoms with Gasteiger partial charge in [0, 0.05) is 6.92 Å². The topological polar surface area (TPSA) is 427 Å². The average Bonchev–Trinajstić information content (AvgIpc) is 0.740. The number of esters is 13. The van der Waals surface area contributed by atoms with Gasteiger partial charge in [0.15, 0.2) is 98.4 Å². The molecule has 144 heavy (non-hydrogen) atoms. The number of ether oxygens (including phenoxy) is 20. The molecule has 0 unspecified atom stereocenters. The van der Waals surface area contributed by atoms with Crippen LogP contribution in [-0.2, 0) is 99.5 Å². The van der Waals surface area contributed by atoms with Crippen molar-refractivity contribution in [1.29, 1.82) is 0 Å². The van der Waals surface area contributed by atoms with Gasteiger partial charge in [-0.3, -0.25) is 4.79 Å². The molecule has 4 heterocycles. The van der Waals surface area contributed by atoms with Crippen LogP contribution < -0.4 is 0 Å². The lowest BCUT2D eigenvalue weighted by Crippen LogP contribution is -2.70. The van der Waals surface area contributed by atoms with Gasteiger partial charge >= 0.3 is 77.6 Å². The molecule has 12 aromatic carbocycles. The third-order valence-electron chi connectivity index (χ3n) is 23.1. The first kappa shape index (κ1) is 100. The van der Waals surface area contributed by atoms with Gasteiger partial charge < -0.3 is 99.8 Å². The molecule has 1 N–H and O–H groups in total. The summed E-state index contributed by atoms with van der Waals surface area (Å²) in [5, 5.41) is 13.3. The number of carbonyl (C=O) groups excluding carboxylic acids is 13. The molecule has 0 spiro atoms. The molecule has 16 rings (SSSR count). The fourth-order valence-corrected chi connectivity index (χ4v) is 16.1. The average molecular weight is 1960 g/mol. The molecule has 4 aliphatic rings. The van der Waals surface area contributed by atoms with Gasteiger partial charge in [-0.15, -0.1) is 0 Å². The fraction of sp³-hybridized carbons (Fsp3) is 0.227. The highest BCUT2D eigenvalue weighted by Gasteiger charge is 2.63. The molecule has 12 aromatic rings. The van der Waals surface area contributed by atoms with Crippen molar-refractivity contribution in [2.45, 2.75) is 130 Å². The predicted molar refractivity (Wildman–Crippen MR) is 499 cm³/mol. The first-order valence-corrected chi connectivity index (χ1v) is 45.5. The summed E-state index contributed by atoms with van der Waals surface area (Å²) in [5.74, 6) is -15.0. The van der Waals surface area contributed by atoms with Crippen LogP contribution in [0, 0.1) is 0 Å². The molecule has 0 amide bonds. The molecule has 0 aliphatic carbocycles. The van der Waals surface area contributed by atoms with Gasteiger partial charge in [-0.05, 0) is 146 Å². The van der Waals surface area contributed by atoms with E-state index in [1.54, 1.807) is 84.9 Å². The maximum absolute atomic E-state index is 15.9. The number of hydrogen-bond acceptors (Lipinski definition) is 34. The van der Waals surface area contributed by atoms with Crippen LogP contribution >= 0.6 is 0 Å². The minimum atomic E-state index is -2.71. The highest BCUT2D eigenvalue weighted by atomic mass is 16.8. The fourth-order valence-electron chi connectivity index (χ4n) is 16.1. The quantitative estimate of drug-likeness (QED) is 0.0285. The largest absolute Gasteiger partial charge is 0.459 e. The number of aliphatic hydroxyl groups excluding tert-OH is 1. The van der Waals surface area contributed by atoms with Crippen molar-refractivity contribution in [2.75, 3.05) is 26.4 Å². The van der Waals surface area contributed by atoms with Crippen LogP contribution in [0.4, 0.5) is 0 Å². The molecule has 4 fully saturated rings. The molecule has 4 aliphatic heterocycles. The summed E-state index contributed by atoms with van der Waals surface area (Å²) < 4.78 is 133. The summed E-state index contributed by atoms with van der Waals surface area (Å²) in [7, 11) is 0. The maximum atomic E-state index is 15.9. The minimum absolute atomic E-state index is 0.0173. The van der Waals surface area contributed by atoms with E-state index >= 15 is 33.6 Å². The Morgan fingerprint density at radius 3 is 0.535 bits per heavy atom. The molecule has 34 heteroatoms. The maximum Gasteiger partial charge on any atom is 0.338 e. The van der Waals surface area contributed by atoms with Crippen molar-refractivity contribution in [1.82, 2.24) is 0 Å². The monoisotopic (exact) mass is 1960 g/mol. The molecule has 4 saturated heterocycles. The van der Waals surface area contributed by atoms with E-state index in [1.807, 2.05) is 0 Å². The molecule has 0 radical (unpaired) electrons. The third kappa shape index (κ3) is 25.6. The summed E-state index contributed by atoms with van der Waals surface area (Å²) in [6, 6.07) is 87.7. The summed E-state index contributed by atoms with van der Waals surface area (Å²) in [6.07, 6.45) is -46.8. The third-order valence-corrected chi connectivity index (χ3v) is 23.1. The van der Waals surface area contributed by atoms with E-state index in [9.17, 15) is 33.9 Å². The van der Waals surface area contributed by atoms with Crippen molar-refractivity contribution in [3.8, 4) is 0 Å². The van der Waals surface area contributed by atoms with Crippen molar-refractivity contribution in [3.63, 3.8) is 0 Å². The number of hydrogen-bond donors (Lipinski definition) is 1. The Bertz CT molecular complexity index is 6370. The van der Waals surface area contributed by atoms with Gasteiger partial charge in [-0.25, -0.2) is 57.5 Å². The van der Waals surface area contributed by atoms with Crippen LogP contribution in [0.3, 0.4) is 0 Å². The van der Waals surface area contributed by atoms with Gasteiger partial charge in [-0.2, -0.15) is 0 Å². The highest BCUT2D eigenvalue weighted by molar-refractivity contribution is 5.95. The van der Waals surface area contributed by atoms with Crippen LogP contribution in [0.1, 0.15) is 131 Å². The molecule has 0 aromatic heterocycles. The second kappa shape index (κ2) is 48.5. The lowest BCUT2D eigenvalue weighted by atomic mass is 9.94. The second-order valence-corrected chi connectivity index (χ2v) is 32.8. The zero-order chi connectivity index (χ0) is 100. The summed E-state index contributed by atoms with van der Waals surface area (Å²) in [6.45, 7) is -3.14. The van der Waals surface area contributed by atoms with E-state index in [1.165, 1.54) is 279 Å². The molecule has 34 nitrogen and oxygen atoms in total. The van der Waals surface area contributed by atoms with Gasteiger partial charge in [0.1, 0.15) is 50.8 Å². The van der Waals surface area contributed by atoms with E-state index < -0.39 is 227 Å². The van der Waals surface area contributed by atoms with Crippen LogP contribution in [0.5, 0.6) is 0 Å². The lowest BCUT2D eigenvalue weighted by Gasteiger charge is -2.51. The van der Waals surface area contributed by atoms with Gasteiger partial charge in [0.25, 0.3) is 0 Å². The summed E-state index contributed by atoms with van der Waals surface area (Å²) in [5.41, 5.74) is -1.57. The van der Waals surface area contributed by atoms with E-state index in [-0.39, 0.29) is 66.8 Å². The van der Waals surface area contributed by atoms with Gasteiger partial charge in [0.2, 0.25) is 0 Å². The number of aliphatic hydroxyl groups is 1. The normalized spacial score (nSPS) is 23.7. The van der Waals surface area contributed by atoms with E-state index in [0.29, 0.717) is 0 Å². The SMILES string of the molecule is CC(=O)O[C@@H]1[C@@H](O[C@@H]2[C@@H](O[C@@H]3[C@@H](O[C@H]4[C@@H](OC(=O)c5ccccc5)[C@H](OC(=O)c5ccccc5)[C@@H](COC(=O)c5ccccc5)O[C@@H]4O)O[C@H](COC(=O)c4ccccc4)[C@@H](OC(=O)c4ccccc4)[C@@H]3OC(=O)c3ccccc3)O[C@H](COC(=O)c3ccccc3)[C@@H](OC(=O)c3ccccc3)[C@@H]2OC(=O)c2ccccc2)O[C@H](COC(=O)c2ccccc2)[C@@H](OC(=O)c2ccccc2)[C@@H]1OC(=O)c1ccccc1. The Hall–Kier alpha value is -16.6. The van der Waals surface area contributed by atoms with Crippen molar-refractivity contribution >= 4 is 77.6 Å². The van der Waals surface area contributed by atoms with Crippen LogP contribution in [0.2, 0.25) is 0 Å². The number of benzene rings is 12. The zero-order valence-corrected chi connectivity index (χ0v) is 76.4. The van der Waals surface area contributed by atoms with E-state index in [4.69, 9.17) is 94.7 Å². The first-order valence-electron chi connectivity index (χ1n) is 45.5. The zero-order valence-electron chi connectivity index (χ0n) is 76.4. The van der Waals surface area contributed by atoms with E-state index in [2.05, 4.69) is 0 Å². The lowest BCUT2D eigenvalue weighted by molar-refractivity contribution is -0.402. The Labute approximate surface area is 822 Å². The Morgan fingerprint density at radius 1 is 0.188 bits per heavy atom. The highest BCUT2D eigenvalue weighted by Crippen LogP contribution is 2.43. The second-order valence-electron chi connectivity index (χ2n) is 32.8. The smallest absolute Gasteiger partial charge is 0.338 e. The summed E-state index contributed by atoms with van der Waals surface area (Å²) >= 11 is 0. The van der Waals surface area contributed by atoms with Crippen LogP contribution in [0.25, 0.3) is 0 Å². The molecule has 0 saturated carbocycles. The van der Waals surface area contributed by atoms with Crippen molar-refractivity contribution < 1.29 is 162 Å². The van der Waals surface area contributed by atoms with Crippen molar-refractivity contribution in [3.05, 3.63) is 431 Å². The Balaban J connectivity index is 0.933. The number of rotatable bonds is 35.